The molecule has 129 valence electrons. The number of rotatable bonds is 6. The number of hydrogen-bond donors (Lipinski definition) is 0. The molecule has 0 aliphatic heterocycles. The Hall–Kier alpha value is -2.20. The van der Waals surface area contributed by atoms with E-state index in [2.05, 4.69) is 128 Å². The van der Waals surface area contributed by atoms with E-state index >= 15 is 0 Å². The highest BCUT2D eigenvalue weighted by atomic mass is 31.2. The van der Waals surface area contributed by atoms with Gasteiger partial charge in [-0.15, -0.1) is 0 Å². The van der Waals surface area contributed by atoms with Crippen LogP contribution in [0.5, 0.6) is 0 Å². The van der Waals surface area contributed by atoms with Gasteiger partial charge in [-0.2, -0.15) is 0 Å². The van der Waals surface area contributed by atoms with Gasteiger partial charge in [-0.25, -0.2) is 0 Å². The van der Waals surface area contributed by atoms with Gasteiger partial charge in [0.2, 0.25) is 6.72 Å². The van der Waals surface area contributed by atoms with Crippen LogP contribution in [0.3, 0.4) is 0 Å². The van der Waals surface area contributed by atoms with Crippen LogP contribution in [0.15, 0.2) is 121 Å². The van der Waals surface area contributed by atoms with Gasteiger partial charge in [-0.1, -0.05) is 137 Å². The van der Waals surface area contributed by atoms with Crippen LogP contribution in [0.4, 0.5) is 0 Å². The van der Waals surface area contributed by atoms with Crippen molar-refractivity contribution in [2.75, 3.05) is 0 Å². The van der Waals surface area contributed by atoms with E-state index in [1.807, 2.05) is 0 Å². The summed E-state index contributed by atoms with van der Waals surface area (Å²) in [4.78, 5) is 0. The summed E-state index contributed by atoms with van der Waals surface area (Å²) < 4.78 is 0. The average molecular weight is 381 g/mol. The molecule has 0 nitrogen and oxygen atoms in total. The molecule has 4 aromatic carbocycles. The van der Waals surface area contributed by atoms with E-state index < -0.39 is 15.6 Å². The Morgan fingerprint density at radius 2 is 0.556 bits per heavy atom. The lowest BCUT2D eigenvalue weighted by Gasteiger charge is -2.25. The molecule has 27 heavy (non-hydrogen) atoms. The monoisotopic (exact) mass is 381 g/mol. The molecule has 0 spiro atoms. The predicted octanol–water partition coefficient (Wildman–Crippen LogP) is 4.79. The first-order valence-electron chi connectivity index (χ1n) is 9.05. The van der Waals surface area contributed by atoms with Gasteiger partial charge in [0.05, 0.1) is 0 Å². The zero-order valence-electron chi connectivity index (χ0n) is 15.0. The van der Waals surface area contributed by atoms with Crippen LogP contribution < -0.4 is 21.2 Å². The molecule has 0 aliphatic carbocycles. The van der Waals surface area contributed by atoms with E-state index in [4.69, 9.17) is 0 Å². The summed E-state index contributed by atoms with van der Waals surface area (Å²) in [6.07, 6.45) is 0. The summed E-state index contributed by atoms with van der Waals surface area (Å²) in [5.41, 5.74) is 0. The molecule has 0 saturated heterocycles. The van der Waals surface area contributed by atoms with Crippen molar-refractivity contribution in [3.05, 3.63) is 121 Å². The molecule has 0 saturated carbocycles. The Balaban J connectivity index is 1.77. The fourth-order valence-electron chi connectivity index (χ4n) is 3.03. The minimum Gasteiger partial charge on any atom is -0.0797 e. The maximum atomic E-state index is 2.61. The SMILES string of the molecule is [B](P(c1ccccc1)c1ccccc1)P(c1ccccc1)c1ccccc1. The lowest BCUT2D eigenvalue weighted by molar-refractivity contribution is 1.76. The molecule has 0 aromatic heterocycles. The first kappa shape index (κ1) is 18.2. The zero-order valence-corrected chi connectivity index (χ0v) is 16.8. The van der Waals surface area contributed by atoms with E-state index in [-0.39, 0.29) is 0 Å². The molecule has 0 unspecified atom stereocenters. The van der Waals surface area contributed by atoms with Gasteiger partial charge in [-0.05, 0) is 21.2 Å². The fraction of sp³-hybridized carbons (Fsp3) is 0. The standard InChI is InChI=1S/C24H20BP2/c1-5-13-21(14-6-1)26(22-15-7-2-8-16-22)25-27(23-17-9-3-10-18-23)24-19-11-4-12-20-24/h1-20H. The predicted molar refractivity (Wildman–Crippen MR) is 124 cm³/mol. The first-order valence-corrected chi connectivity index (χ1v) is 11.9. The van der Waals surface area contributed by atoms with E-state index in [1.165, 1.54) is 21.2 Å². The maximum absolute atomic E-state index is 2.61. The third-order valence-electron chi connectivity index (χ3n) is 4.37. The molecule has 0 N–H and O–H groups in total. The van der Waals surface area contributed by atoms with Crippen LogP contribution in [-0.4, -0.2) is 6.72 Å². The molecular formula is C24H20BP2. The maximum Gasteiger partial charge on any atom is 0.204 e. The third-order valence-corrected chi connectivity index (χ3v) is 9.63. The Morgan fingerprint density at radius 3 is 0.778 bits per heavy atom. The largest absolute Gasteiger partial charge is 0.204 e. The zero-order chi connectivity index (χ0) is 18.3. The molecule has 0 bridgehead atoms. The van der Waals surface area contributed by atoms with Crippen molar-refractivity contribution in [2.24, 2.45) is 0 Å². The average Bonchev–Trinajstić information content (AvgIpc) is 2.77. The number of benzene rings is 4. The Bertz CT molecular complexity index is 785. The Labute approximate surface area is 165 Å². The normalized spacial score (nSPS) is 10.9. The fourth-order valence-corrected chi connectivity index (χ4v) is 8.66. The molecule has 0 amide bonds. The molecule has 4 rings (SSSR count). The van der Waals surface area contributed by atoms with Gasteiger partial charge in [0, 0.05) is 0 Å². The van der Waals surface area contributed by atoms with Gasteiger partial charge >= 0.3 is 0 Å². The van der Waals surface area contributed by atoms with Gasteiger partial charge in [0.1, 0.15) is 0 Å². The van der Waals surface area contributed by atoms with Crippen LogP contribution in [0.2, 0.25) is 0 Å². The summed E-state index contributed by atoms with van der Waals surface area (Å²) in [5.74, 6) is 0. The van der Waals surface area contributed by atoms with Crippen LogP contribution in [0.25, 0.3) is 0 Å². The molecule has 1 radical (unpaired) electrons. The Morgan fingerprint density at radius 1 is 0.333 bits per heavy atom. The lowest BCUT2D eigenvalue weighted by atomic mass is 10.4. The van der Waals surface area contributed by atoms with E-state index in [1.54, 1.807) is 0 Å². The highest BCUT2D eigenvalue weighted by Crippen LogP contribution is 2.45. The second kappa shape index (κ2) is 9.14. The highest BCUT2D eigenvalue weighted by molar-refractivity contribution is 8.24. The summed E-state index contributed by atoms with van der Waals surface area (Å²) >= 11 is 0. The van der Waals surface area contributed by atoms with Gasteiger partial charge in [0.25, 0.3) is 0 Å². The van der Waals surface area contributed by atoms with Crippen LogP contribution >= 0.6 is 15.6 Å². The van der Waals surface area contributed by atoms with Crippen molar-refractivity contribution < 1.29 is 0 Å². The van der Waals surface area contributed by atoms with Crippen LogP contribution in [0.1, 0.15) is 0 Å². The molecule has 0 fully saturated rings. The van der Waals surface area contributed by atoms with Crippen molar-refractivity contribution in [2.45, 2.75) is 0 Å². The second-order valence-corrected chi connectivity index (χ2v) is 10.7. The Kier molecular flexibility index (Phi) is 6.15. The van der Waals surface area contributed by atoms with Gasteiger partial charge in [-0.3, -0.25) is 0 Å². The van der Waals surface area contributed by atoms with E-state index in [0.29, 0.717) is 0 Å². The van der Waals surface area contributed by atoms with E-state index in [9.17, 15) is 0 Å². The van der Waals surface area contributed by atoms with E-state index in [0.717, 1.165) is 0 Å². The lowest BCUT2D eigenvalue weighted by Crippen LogP contribution is -2.21. The second-order valence-electron chi connectivity index (χ2n) is 6.20. The molecule has 0 heterocycles. The quantitative estimate of drug-likeness (QED) is 0.333. The molecule has 0 aliphatic rings. The van der Waals surface area contributed by atoms with Crippen LogP contribution in [-0.2, 0) is 0 Å². The topological polar surface area (TPSA) is 0 Å². The number of hydrogen-bond acceptors (Lipinski definition) is 0. The van der Waals surface area contributed by atoms with Crippen molar-refractivity contribution in [3.8, 4) is 0 Å². The molecule has 3 heteroatoms. The molecule has 4 aromatic rings. The van der Waals surface area contributed by atoms with Crippen molar-refractivity contribution >= 4 is 43.5 Å². The highest BCUT2D eigenvalue weighted by Gasteiger charge is 2.23. The smallest absolute Gasteiger partial charge is 0.0797 e. The summed E-state index contributed by atoms with van der Waals surface area (Å²) in [6.45, 7) is 2.61. The van der Waals surface area contributed by atoms with Crippen molar-refractivity contribution in [3.63, 3.8) is 0 Å². The third kappa shape index (κ3) is 4.56. The molecular weight excluding hydrogens is 361 g/mol. The van der Waals surface area contributed by atoms with Crippen LogP contribution in [0, 0.1) is 0 Å². The first-order chi connectivity index (χ1) is 13.4. The van der Waals surface area contributed by atoms with Crippen molar-refractivity contribution in [1.29, 1.82) is 0 Å². The summed E-state index contributed by atoms with van der Waals surface area (Å²) in [7, 11) is -1.07. The van der Waals surface area contributed by atoms with Gasteiger partial charge < -0.3 is 0 Å². The minimum atomic E-state index is -0.534. The summed E-state index contributed by atoms with van der Waals surface area (Å²) in [6, 6.07) is 43.7. The molecule has 0 atom stereocenters. The minimum absolute atomic E-state index is 0.534. The van der Waals surface area contributed by atoms with Gasteiger partial charge in [0.15, 0.2) is 0 Å². The van der Waals surface area contributed by atoms with Crippen molar-refractivity contribution in [1.82, 2.24) is 0 Å². The summed E-state index contributed by atoms with van der Waals surface area (Å²) in [5, 5.41) is 5.60.